The monoisotopic (exact) mass is 408 g/mol. The van der Waals surface area contributed by atoms with Gasteiger partial charge in [-0.25, -0.2) is 4.98 Å². The van der Waals surface area contributed by atoms with Gasteiger partial charge >= 0.3 is 0 Å². The molecule has 5 heteroatoms. The van der Waals surface area contributed by atoms with E-state index in [1.807, 2.05) is 30.3 Å². The fourth-order valence-corrected chi connectivity index (χ4v) is 4.41. The number of nitrogens with zero attached hydrogens (tertiary/aromatic N) is 2. The Morgan fingerprint density at radius 2 is 1.79 bits per heavy atom. The van der Waals surface area contributed by atoms with E-state index < -0.39 is 0 Å². The van der Waals surface area contributed by atoms with Crippen LogP contribution in [0.25, 0.3) is 0 Å². The Balaban J connectivity index is 1.73. The number of aromatic nitrogens is 1. The van der Waals surface area contributed by atoms with Crippen molar-refractivity contribution < 1.29 is 10.1 Å². The zero-order chi connectivity index (χ0) is 20.8. The predicted molar refractivity (Wildman–Crippen MR) is 120 cm³/mol. The summed E-state index contributed by atoms with van der Waals surface area (Å²) in [4.78, 5) is 18.7. The highest BCUT2D eigenvalue weighted by molar-refractivity contribution is 7.14. The van der Waals surface area contributed by atoms with E-state index in [0.29, 0.717) is 12.0 Å². The summed E-state index contributed by atoms with van der Waals surface area (Å²) in [5.74, 6) is 0.482. The first-order valence-corrected chi connectivity index (χ1v) is 11.1. The van der Waals surface area contributed by atoms with Gasteiger partial charge in [-0.2, -0.15) is 0 Å². The fourth-order valence-electron chi connectivity index (χ4n) is 3.51. The van der Waals surface area contributed by atoms with Crippen molar-refractivity contribution in [2.75, 3.05) is 4.90 Å². The summed E-state index contributed by atoms with van der Waals surface area (Å²) < 4.78 is 0. The van der Waals surface area contributed by atoms with Gasteiger partial charge in [0, 0.05) is 23.8 Å². The number of anilines is 2. The fraction of sp³-hybridized carbons (Fsp3) is 0.333. The van der Waals surface area contributed by atoms with Crippen LogP contribution in [0.5, 0.6) is 0 Å². The second-order valence-corrected chi connectivity index (χ2v) is 8.45. The minimum atomic E-state index is -0.0304. The molecule has 1 heterocycles. The van der Waals surface area contributed by atoms with Gasteiger partial charge in [0.2, 0.25) is 5.91 Å². The largest absolute Gasteiger partial charge is 0.335 e. The number of para-hydroxylation sites is 1. The molecule has 0 saturated heterocycles. The highest BCUT2D eigenvalue weighted by atomic mass is 32.1. The molecule has 0 bridgehead atoms. The maximum absolute atomic E-state index is 12.2. The molecule has 4 nitrogen and oxygen atoms in total. The molecule has 0 spiro atoms. The van der Waals surface area contributed by atoms with Gasteiger partial charge in [-0.3, -0.25) is 9.69 Å². The number of hydrogen-bond acceptors (Lipinski definition) is 3. The zero-order valence-electron chi connectivity index (χ0n) is 17.6. The van der Waals surface area contributed by atoms with Crippen molar-refractivity contribution >= 4 is 28.1 Å². The number of aryl methyl sites for hydroxylation is 1. The molecule has 2 aromatic carbocycles. The molecule has 0 unspecified atom stereocenters. The second kappa shape index (κ2) is 9.81. The van der Waals surface area contributed by atoms with Crippen LogP contribution < -0.4 is 10.2 Å². The molecule has 0 saturated carbocycles. The van der Waals surface area contributed by atoms with E-state index in [1.165, 1.54) is 22.5 Å². The lowest BCUT2D eigenvalue weighted by Crippen LogP contribution is -2.84. The van der Waals surface area contributed by atoms with Crippen molar-refractivity contribution in [3.63, 3.8) is 0 Å². The molecular weight excluding hydrogens is 378 g/mol. The second-order valence-electron chi connectivity index (χ2n) is 7.62. The zero-order valence-corrected chi connectivity index (χ0v) is 18.4. The SMILES string of the molecule is CCc1ccc([C@H]([NH2+]Cc2csc(N(C(C)=O)c3ccccc3)n2)C(C)C)cc1. The quantitative estimate of drug-likeness (QED) is 0.579. The minimum Gasteiger partial charge on any atom is -0.335 e. The van der Waals surface area contributed by atoms with Gasteiger partial charge in [0.05, 0.1) is 5.69 Å². The summed E-state index contributed by atoms with van der Waals surface area (Å²) >= 11 is 1.52. The molecule has 0 radical (unpaired) electrons. The van der Waals surface area contributed by atoms with E-state index in [2.05, 4.69) is 55.7 Å². The molecule has 1 aromatic heterocycles. The summed E-state index contributed by atoms with van der Waals surface area (Å²) in [5.41, 5.74) is 4.57. The highest BCUT2D eigenvalue weighted by Gasteiger charge is 2.21. The molecule has 152 valence electrons. The number of nitrogens with two attached hydrogens (primary N) is 1. The lowest BCUT2D eigenvalue weighted by molar-refractivity contribution is -0.717. The summed E-state index contributed by atoms with van der Waals surface area (Å²) in [6.45, 7) is 9.06. The van der Waals surface area contributed by atoms with E-state index in [1.54, 1.807) is 11.8 Å². The summed E-state index contributed by atoms with van der Waals surface area (Å²) in [6.07, 6.45) is 1.06. The van der Waals surface area contributed by atoms with Crippen LogP contribution in [-0.4, -0.2) is 10.9 Å². The lowest BCUT2D eigenvalue weighted by atomic mass is 9.95. The Kier molecular flexibility index (Phi) is 7.18. The minimum absolute atomic E-state index is 0.0304. The molecule has 0 fully saturated rings. The van der Waals surface area contributed by atoms with E-state index >= 15 is 0 Å². The smallest absolute Gasteiger partial charge is 0.230 e. The molecule has 0 aliphatic heterocycles. The number of thiazole rings is 1. The van der Waals surface area contributed by atoms with Gasteiger partial charge < -0.3 is 5.32 Å². The third-order valence-corrected chi connectivity index (χ3v) is 6.01. The van der Waals surface area contributed by atoms with Gasteiger partial charge in [-0.1, -0.05) is 63.2 Å². The number of carbonyl (C=O) groups is 1. The van der Waals surface area contributed by atoms with Crippen LogP contribution in [0.3, 0.4) is 0 Å². The Labute approximate surface area is 177 Å². The summed E-state index contributed by atoms with van der Waals surface area (Å²) in [6, 6.07) is 19.0. The van der Waals surface area contributed by atoms with Crippen LogP contribution in [0.1, 0.15) is 50.6 Å². The number of benzene rings is 2. The van der Waals surface area contributed by atoms with E-state index in [9.17, 15) is 4.79 Å². The molecule has 0 aliphatic carbocycles. The van der Waals surface area contributed by atoms with Crippen LogP contribution in [-0.2, 0) is 17.8 Å². The predicted octanol–water partition coefficient (Wildman–Crippen LogP) is 4.85. The highest BCUT2D eigenvalue weighted by Crippen LogP contribution is 2.28. The Hall–Kier alpha value is -2.50. The van der Waals surface area contributed by atoms with Crippen molar-refractivity contribution in [2.45, 2.75) is 46.7 Å². The molecular formula is C24H30N3OS+. The van der Waals surface area contributed by atoms with E-state index in [0.717, 1.165) is 29.5 Å². The molecule has 3 aromatic rings. The number of hydrogen-bond donors (Lipinski definition) is 1. The number of carbonyl (C=O) groups excluding carboxylic acids is 1. The number of quaternary nitrogens is 1. The molecule has 1 amide bonds. The average molecular weight is 409 g/mol. The first-order chi connectivity index (χ1) is 14.0. The normalized spacial score (nSPS) is 12.2. The Morgan fingerprint density at radius 3 is 2.38 bits per heavy atom. The summed E-state index contributed by atoms with van der Waals surface area (Å²) in [5, 5.41) is 5.13. The van der Waals surface area contributed by atoms with Gasteiger partial charge in [-0.05, 0) is 24.1 Å². The first-order valence-electron chi connectivity index (χ1n) is 10.2. The van der Waals surface area contributed by atoms with Crippen molar-refractivity contribution in [1.29, 1.82) is 0 Å². The average Bonchev–Trinajstić information content (AvgIpc) is 3.17. The van der Waals surface area contributed by atoms with Gasteiger partial charge in [0.15, 0.2) is 5.13 Å². The van der Waals surface area contributed by atoms with Crippen LogP contribution in [0, 0.1) is 5.92 Å². The standard InChI is InChI=1S/C24H29N3OS/c1-5-19-11-13-20(14-12-19)23(17(2)3)25-15-21-16-29-24(26-21)27(18(4)28)22-9-7-6-8-10-22/h6-14,16-17,23,25H,5,15H2,1-4H3/p+1/t23-/m1/s1. The Bertz CT molecular complexity index is 919. The van der Waals surface area contributed by atoms with Crippen molar-refractivity contribution in [2.24, 2.45) is 5.92 Å². The summed E-state index contributed by atoms with van der Waals surface area (Å²) in [7, 11) is 0. The van der Waals surface area contributed by atoms with Crippen molar-refractivity contribution in [3.8, 4) is 0 Å². The lowest BCUT2D eigenvalue weighted by Gasteiger charge is -2.20. The third-order valence-electron chi connectivity index (χ3n) is 5.13. The van der Waals surface area contributed by atoms with Crippen molar-refractivity contribution in [3.05, 3.63) is 76.8 Å². The van der Waals surface area contributed by atoms with Crippen LogP contribution in [0.2, 0.25) is 0 Å². The van der Waals surface area contributed by atoms with Crippen molar-refractivity contribution in [1.82, 2.24) is 4.98 Å². The molecule has 3 rings (SSSR count). The molecule has 29 heavy (non-hydrogen) atoms. The molecule has 2 N–H and O–H groups in total. The van der Waals surface area contributed by atoms with E-state index in [-0.39, 0.29) is 5.91 Å². The maximum atomic E-state index is 12.2. The van der Waals surface area contributed by atoms with Crippen LogP contribution >= 0.6 is 11.3 Å². The number of amides is 1. The van der Waals surface area contributed by atoms with Gasteiger partial charge in [0.25, 0.3) is 0 Å². The number of rotatable bonds is 8. The third kappa shape index (κ3) is 5.31. The first kappa shape index (κ1) is 21.2. The van der Waals surface area contributed by atoms with Gasteiger partial charge in [-0.15, -0.1) is 11.3 Å². The molecule has 0 aliphatic rings. The topological polar surface area (TPSA) is 49.8 Å². The Morgan fingerprint density at radius 1 is 1.10 bits per heavy atom. The molecule has 1 atom stereocenters. The van der Waals surface area contributed by atoms with Gasteiger partial charge in [0.1, 0.15) is 18.3 Å². The van der Waals surface area contributed by atoms with Crippen LogP contribution in [0.4, 0.5) is 10.8 Å². The maximum Gasteiger partial charge on any atom is 0.230 e. The van der Waals surface area contributed by atoms with Crippen LogP contribution in [0.15, 0.2) is 60.0 Å². The van der Waals surface area contributed by atoms with E-state index in [4.69, 9.17) is 4.98 Å².